The van der Waals surface area contributed by atoms with Crippen LogP contribution in [0.15, 0.2) is 41.3 Å². The first-order valence-electron chi connectivity index (χ1n) is 12.9. The first-order valence-corrected chi connectivity index (χ1v) is 14.1. The van der Waals surface area contributed by atoms with E-state index in [1.54, 1.807) is 7.11 Å². The van der Waals surface area contributed by atoms with E-state index in [0.29, 0.717) is 24.8 Å². The third kappa shape index (κ3) is 13.5. The molecule has 0 saturated carbocycles. The molecule has 3 unspecified atom stereocenters. The summed E-state index contributed by atoms with van der Waals surface area (Å²) in [6, 6.07) is 14.0. The Bertz CT molecular complexity index is 1240. The summed E-state index contributed by atoms with van der Waals surface area (Å²) in [5.74, 6) is -1.64. The number of nitriles is 1. The minimum atomic E-state index is -0.833. The molecule has 0 spiro atoms. The van der Waals surface area contributed by atoms with Gasteiger partial charge in [0, 0.05) is 45.4 Å². The van der Waals surface area contributed by atoms with Crippen molar-refractivity contribution in [3.8, 4) is 11.8 Å². The van der Waals surface area contributed by atoms with Crippen LogP contribution in [0.5, 0.6) is 5.75 Å². The summed E-state index contributed by atoms with van der Waals surface area (Å²) in [5, 5.41) is 24.6. The van der Waals surface area contributed by atoms with Crippen molar-refractivity contribution in [2.75, 3.05) is 20.0 Å². The van der Waals surface area contributed by atoms with E-state index in [0.717, 1.165) is 41.2 Å². The Morgan fingerprint density at radius 1 is 1.00 bits per heavy atom. The fourth-order valence-electron chi connectivity index (χ4n) is 4.11. The number of methoxy groups -OCH3 is 1. The van der Waals surface area contributed by atoms with Gasteiger partial charge in [0.2, 0.25) is 0 Å². The molecule has 1 fully saturated rings. The normalized spacial score (nSPS) is 17.1. The summed E-state index contributed by atoms with van der Waals surface area (Å²) in [6.07, 6.45) is 2.33. The number of ether oxygens (including phenoxy) is 4. The number of carbonyl (C=O) groups excluding carboxylic acids is 2. The topological polar surface area (TPSA) is 169 Å². The van der Waals surface area contributed by atoms with Crippen LogP contribution in [0.1, 0.15) is 68.9 Å². The van der Waals surface area contributed by atoms with Crippen LogP contribution >= 0.6 is 11.8 Å². The average molecular weight is 604 g/mol. The van der Waals surface area contributed by atoms with Gasteiger partial charge in [0.15, 0.2) is 0 Å². The third-order valence-electron chi connectivity index (χ3n) is 5.64. The lowest BCUT2D eigenvalue weighted by atomic mass is 9.91. The molecule has 0 bridgehead atoms. The number of carbonyl (C=O) groups is 4. The Hall–Kier alpha value is -4.08. The molecule has 1 heterocycles. The lowest BCUT2D eigenvalue weighted by Crippen LogP contribution is -2.37. The highest BCUT2D eigenvalue weighted by molar-refractivity contribution is 7.98. The average Bonchev–Trinajstić information content (AvgIpc) is 2.91. The molecule has 3 atom stereocenters. The standard InChI is InChI=1S/C26H29NO6S.2C2H4O2/c1-16(28)31-15-23-12-22(32-17(2)29)13-25(33-23)24-10-19(20(14-27)11-26(24)34-4)9-18-5-7-21(30-3)8-6-18;2*1-2(3)4/h5-8,10-11,22-23,25H,9,12-13,15H2,1-4H3;2*1H3,(H,3,4). The van der Waals surface area contributed by atoms with Gasteiger partial charge in [-0.3, -0.25) is 19.2 Å². The van der Waals surface area contributed by atoms with Crippen molar-refractivity contribution < 1.29 is 48.3 Å². The molecule has 3 rings (SSSR count). The van der Waals surface area contributed by atoms with Crippen molar-refractivity contribution in [3.05, 3.63) is 58.7 Å². The van der Waals surface area contributed by atoms with Gasteiger partial charge in [-0.1, -0.05) is 18.2 Å². The van der Waals surface area contributed by atoms with Gasteiger partial charge in [0.1, 0.15) is 18.5 Å². The van der Waals surface area contributed by atoms with Crippen LogP contribution in [0.4, 0.5) is 0 Å². The second kappa shape index (κ2) is 18.4. The van der Waals surface area contributed by atoms with Crippen molar-refractivity contribution in [2.45, 2.75) is 70.2 Å². The number of hydrogen-bond donors (Lipinski definition) is 2. The molecule has 1 aliphatic rings. The van der Waals surface area contributed by atoms with Crippen LogP contribution in [0.3, 0.4) is 0 Å². The van der Waals surface area contributed by atoms with E-state index in [1.807, 2.05) is 42.7 Å². The molecule has 2 N–H and O–H groups in total. The van der Waals surface area contributed by atoms with Crippen LogP contribution < -0.4 is 4.74 Å². The van der Waals surface area contributed by atoms with Crippen LogP contribution in [0, 0.1) is 11.3 Å². The van der Waals surface area contributed by atoms with Gasteiger partial charge < -0.3 is 29.2 Å². The minimum Gasteiger partial charge on any atom is -0.497 e. The molecule has 0 aromatic heterocycles. The predicted molar refractivity (Wildman–Crippen MR) is 154 cm³/mol. The zero-order chi connectivity index (χ0) is 31.8. The quantitative estimate of drug-likeness (QED) is 0.313. The summed E-state index contributed by atoms with van der Waals surface area (Å²) in [7, 11) is 1.62. The van der Waals surface area contributed by atoms with Crippen LogP contribution in [-0.2, 0) is 39.8 Å². The zero-order valence-corrected chi connectivity index (χ0v) is 25.4. The molecule has 0 radical (unpaired) electrons. The Morgan fingerprint density at radius 2 is 1.60 bits per heavy atom. The van der Waals surface area contributed by atoms with Gasteiger partial charge in [-0.25, -0.2) is 0 Å². The van der Waals surface area contributed by atoms with Crippen molar-refractivity contribution in [2.24, 2.45) is 0 Å². The van der Waals surface area contributed by atoms with Crippen molar-refractivity contribution >= 4 is 35.6 Å². The monoisotopic (exact) mass is 603 g/mol. The lowest BCUT2D eigenvalue weighted by molar-refractivity contribution is -0.169. The Labute approximate surface area is 249 Å². The van der Waals surface area contributed by atoms with Crippen molar-refractivity contribution in [3.63, 3.8) is 0 Å². The number of hydrogen-bond acceptors (Lipinski definition) is 10. The minimum absolute atomic E-state index is 0.0905. The number of carboxylic acid groups (broad SMARTS) is 2. The number of thioether (sulfide) groups is 1. The molecule has 12 heteroatoms. The SMILES string of the molecule is CC(=O)O.CC(=O)O.COc1ccc(Cc2cc(C3CC(OC(C)=O)CC(COC(C)=O)O3)c(SC)cc2C#N)cc1. The van der Waals surface area contributed by atoms with Crippen molar-refractivity contribution in [1.29, 1.82) is 5.26 Å². The van der Waals surface area contributed by atoms with E-state index in [1.165, 1.54) is 25.6 Å². The van der Waals surface area contributed by atoms with E-state index in [4.69, 9.17) is 38.7 Å². The van der Waals surface area contributed by atoms with Gasteiger partial charge in [-0.05, 0) is 47.6 Å². The maximum atomic E-state index is 11.6. The van der Waals surface area contributed by atoms with E-state index in [9.17, 15) is 14.9 Å². The highest BCUT2D eigenvalue weighted by atomic mass is 32.2. The second-order valence-corrected chi connectivity index (χ2v) is 10.0. The van der Waals surface area contributed by atoms with Crippen LogP contribution in [-0.4, -0.2) is 66.3 Å². The smallest absolute Gasteiger partial charge is 0.302 e. The van der Waals surface area contributed by atoms with Gasteiger partial charge >= 0.3 is 11.9 Å². The number of rotatable bonds is 8. The van der Waals surface area contributed by atoms with E-state index in [2.05, 4.69) is 6.07 Å². The van der Waals surface area contributed by atoms with Crippen LogP contribution in [0.2, 0.25) is 0 Å². The van der Waals surface area contributed by atoms with Gasteiger partial charge in [0.25, 0.3) is 11.9 Å². The molecular formula is C30H37NO10S. The number of nitrogens with zero attached hydrogens (tertiary/aromatic N) is 1. The molecular weight excluding hydrogens is 566 g/mol. The number of esters is 2. The lowest BCUT2D eigenvalue weighted by Gasteiger charge is -2.35. The first kappa shape index (κ1) is 35.9. The zero-order valence-electron chi connectivity index (χ0n) is 24.5. The molecule has 228 valence electrons. The van der Waals surface area contributed by atoms with Crippen molar-refractivity contribution in [1.82, 2.24) is 0 Å². The van der Waals surface area contributed by atoms with E-state index < -0.39 is 18.0 Å². The second-order valence-electron chi connectivity index (χ2n) is 9.18. The maximum absolute atomic E-state index is 11.6. The maximum Gasteiger partial charge on any atom is 0.302 e. The van der Waals surface area contributed by atoms with Gasteiger partial charge in [-0.2, -0.15) is 5.26 Å². The Morgan fingerprint density at radius 3 is 2.07 bits per heavy atom. The summed E-state index contributed by atoms with van der Waals surface area (Å²) in [4.78, 5) is 41.9. The largest absolute Gasteiger partial charge is 0.497 e. The molecule has 2 aromatic carbocycles. The molecule has 0 aliphatic carbocycles. The fraction of sp³-hybridized carbons (Fsp3) is 0.433. The molecule has 0 amide bonds. The predicted octanol–water partition coefficient (Wildman–Crippen LogP) is 4.78. The number of benzene rings is 2. The van der Waals surface area contributed by atoms with Gasteiger partial charge in [-0.15, -0.1) is 11.8 Å². The third-order valence-corrected chi connectivity index (χ3v) is 6.43. The highest BCUT2D eigenvalue weighted by Crippen LogP contribution is 2.39. The summed E-state index contributed by atoms with van der Waals surface area (Å²) >= 11 is 1.53. The molecule has 2 aromatic rings. The molecule has 1 aliphatic heterocycles. The first-order chi connectivity index (χ1) is 19.8. The van der Waals surface area contributed by atoms with Crippen LogP contribution in [0.25, 0.3) is 0 Å². The molecule has 42 heavy (non-hydrogen) atoms. The Kier molecular flexibility index (Phi) is 15.7. The summed E-state index contributed by atoms with van der Waals surface area (Å²) < 4.78 is 22.2. The van der Waals surface area contributed by atoms with E-state index in [-0.39, 0.29) is 30.8 Å². The molecule has 1 saturated heterocycles. The summed E-state index contributed by atoms with van der Waals surface area (Å²) in [6.45, 7) is 4.99. The van der Waals surface area contributed by atoms with Gasteiger partial charge in [0.05, 0.1) is 31.0 Å². The molecule has 11 nitrogen and oxygen atoms in total. The number of carboxylic acids is 2. The summed E-state index contributed by atoms with van der Waals surface area (Å²) in [5.41, 5.74) is 3.47. The number of aliphatic carboxylic acids is 2. The fourth-order valence-corrected chi connectivity index (χ4v) is 4.77. The Balaban J connectivity index is 0.000000978. The van der Waals surface area contributed by atoms with E-state index >= 15 is 0 Å². The highest BCUT2D eigenvalue weighted by Gasteiger charge is 2.34.